The van der Waals surface area contributed by atoms with Crippen LogP contribution >= 0.6 is 0 Å². The van der Waals surface area contributed by atoms with Crippen LogP contribution in [0.3, 0.4) is 0 Å². The average molecular weight is 254 g/mol. The van der Waals surface area contributed by atoms with Gasteiger partial charge in [0.2, 0.25) is 5.91 Å². The molecule has 2 atom stereocenters. The van der Waals surface area contributed by atoms with Gasteiger partial charge in [0.25, 0.3) is 0 Å². The summed E-state index contributed by atoms with van der Waals surface area (Å²) >= 11 is 0. The first-order chi connectivity index (χ1) is 8.58. The molecule has 0 aromatic carbocycles. The molecule has 0 bridgehead atoms. The number of carboxylic acid groups (broad SMARTS) is 1. The zero-order chi connectivity index (χ0) is 13.1. The SMILES string of the molecule is CC1CN2CCCCC2CN1C(=O)CCC(=O)O. The lowest BCUT2D eigenvalue weighted by molar-refractivity contribution is -0.143. The van der Waals surface area contributed by atoms with Gasteiger partial charge in [-0.15, -0.1) is 0 Å². The lowest BCUT2D eigenvalue weighted by Crippen LogP contribution is -2.60. The third-order valence-corrected chi connectivity index (χ3v) is 4.06. The van der Waals surface area contributed by atoms with Crippen molar-refractivity contribution in [3.05, 3.63) is 0 Å². The van der Waals surface area contributed by atoms with Crippen molar-refractivity contribution < 1.29 is 14.7 Å². The summed E-state index contributed by atoms with van der Waals surface area (Å²) in [4.78, 5) is 26.9. The fraction of sp³-hybridized carbons (Fsp3) is 0.846. The molecular weight excluding hydrogens is 232 g/mol. The maximum Gasteiger partial charge on any atom is 0.303 e. The van der Waals surface area contributed by atoms with Gasteiger partial charge >= 0.3 is 5.97 Å². The predicted octanol–water partition coefficient (Wildman–Crippen LogP) is 0.936. The molecule has 18 heavy (non-hydrogen) atoms. The van der Waals surface area contributed by atoms with Crippen LogP contribution in [0, 0.1) is 0 Å². The number of hydrogen-bond donors (Lipinski definition) is 1. The van der Waals surface area contributed by atoms with Crippen molar-refractivity contribution in [2.24, 2.45) is 0 Å². The van der Waals surface area contributed by atoms with Crippen molar-refractivity contribution in [1.29, 1.82) is 0 Å². The van der Waals surface area contributed by atoms with Gasteiger partial charge in [-0.2, -0.15) is 0 Å². The van der Waals surface area contributed by atoms with Crippen molar-refractivity contribution in [3.63, 3.8) is 0 Å². The van der Waals surface area contributed by atoms with E-state index in [-0.39, 0.29) is 24.8 Å². The van der Waals surface area contributed by atoms with E-state index >= 15 is 0 Å². The summed E-state index contributed by atoms with van der Waals surface area (Å²) in [6.07, 6.45) is 3.74. The van der Waals surface area contributed by atoms with Crippen LogP contribution in [0.1, 0.15) is 39.0 Å². The van der Waals surface area contributed by atoms with Gasteiger partial charge in [-0.25, -0.2) is 0 Å². The molecule has 2 fully saturated rings. The number of carbonyl (C=O) groups is 2. The van der Waals surface area contributed by atoms with Crippen LogP contribution in [0.25, 0.3) is 0 Å². The van der Waals surface area contributed by atoms with E-state index in [1.165, 1.54) is 12.8 Å². The molecule has 0 spiro atoms. The highest BCUT2D eigenvalue weighted by molar-refractivity contribution is 5.81. The second kappa shape index (κ2) is 5.69. The number of rotatable bonds is 3. The molecule has 2 aliphatic rings. The zero-order valence-electron chi connectivity index (χ0n) is 11.0. The summed E-state index contributed by atoms with van der Waals surface area (Å²) in [7, 11) is 0. The van der Waals surface area contributed by atoms with Crippen LogP contribution in [-0.2, 0) is 9.59 Å². The Hall–Kier alpha value is -1.10. The molecule has 0 aromatic heterocycles. The maximum atomic E-state index is 12.0. The summed E-state index contributed by atoms with van der Waals surface area (Å²) in [6, 6.07) is 0.698. The first-order valence-electron chi connectivity index (χ1n) is 6.83. The van der Waals surface area contributed by atoms with Crippen LogP contribution in [-0.4, -0.2) is 58.5 Å². The molecular formula is C13H22N2O3. The smallest absolute Gasteiger partial charge is 0.303 e. The van der Waals surface area contributed by atoms with Gasteiger partial charge in [-0.1, -0.05) is 6.42 Å². The highest BCUT2D eigenvalue weighted by Gasteiger charge is 2.34. The second-order valence-electron chi connectivity index (χ2n) is 5.43. The molecule has 0 aromatic rings. The molecule has 2 rings (SSSR count). The minimum atomic E-state index is -0.896. The predicted molar refractivity (Wildman–Crippen MR) is 67.3 cm³/mol. The van der Waals surface area contributed by atoms with Gasteiger partial charge in [-0.3, -0.25) is 14.5 Å². The minimum Gasteiger partial charge on any atom is -0.481 e. The largest absolute Gasteiger partial charge is 0.481 e. The number of nitrogens with zero attached hydrogens (tertiary/aromatic N) is 2. The Kier molecular flexibility index (Phi) is 4.22. The van der Waals surface area contributed by atoms with Crippen molar-refractivity contribution in [1.82, 2.24) is 9.80 Å². The van der Waals surface area contributed by atoms with E-state index < -0.39 is 5.97 Å². The molecule has 102 valence electrons. The van der Waals surface area contributed by atoms with Gasteiger partial charge < -0.3 is 10.0 Å². The number of fused-ring (bicyclic) bond motifs is 1. The van der Waals surface area contributed by atoms with Gasteiger partial charge in [0.05, 0.1) is 6.42 Å². The summed E-state index contributed by atoms with van der Waals surface area (Å²) in [5.74, 6) is -0.901. The minimum absolute atomic E-state index is 0.00452. The summed E-state index contributed by atoms with van der Waals surface area (Å²) in [6.45, 7) is 4.92. The molecule has 2 aliphatic heterocycles. The Morgan fingerprint density at radius 3 is 2.72 bits per heavy atom. The molecule has 1 N–H and O–H groups in total. The zero-order valence-corrected chi connectivity index (χ0v) is 11.0. The number of piperazine rings is 1. The van der Waals surface area contributed by atoms with Crippen LogP contribution in [0.4, 0.5) is 0 Å². The normalized spacial score (nSPS) is 28.8. The van der Waals surface area contributed by atoms with E-state index in [1.54, 1.807) is 0 Å². The Labute approximate surface area is 108 Å². The van der Waals surface area contributed by atoms with Crippen LogP contribution < -0.4 is 0 Å². The molecule has 2 unspecified atom stereocenters. The Balaban J connectivity index is 1.91. The number of carbonyl (C=O) groups excluding carboxylic acids is 1. The average Bonchev–Trinajstić information content (AvgIpc) is 2.35. The van der Waals surface area contributed by atoms with Gasteiger partial charge in [0.15, 0.2) is 0 Å². The molecule has 0 saturated carbocycles. The van der Waals surface area contributed by atoms with Crippen LogP contribution in [0.5, 0.6) is 0 Å². The van der Waals surface area contributed by atoms with Gasteiger partial charge in [-0.05, 0) is 26.3 Å². The molecule has 0 radical (unpaired) electrons. The summed E-state index contributed by atoms with van der Waals surface area (Å²) in [5, 5.41) is 8.64. The van der Waals surface area contributed by atoms with Crippen LogP contribution in [0.2, 0.25) is 0 Å². The Morgan fingerprint density at radius 2 is 2.00 bits per heavy atom. The first kappa shape index (κ1) is 13.3. The van der Waals surface area contributed by atoms with E-state index in [2.05, 4.69) is 11.8 Å². The van der Waals surface area contributed by atoms with E-state index in [1.807, 2.05) is 4.90 Å². The number of aliphatic carboxylic acids is 1. The maximum absolute atomic E-state index is 12.0. The second-order valence-corrected chi connectivity index (χ2v) is 5.43. The molecule has 0 aliphatic carbocycles. The van der Waals surface area contributed by atoms with E-state index in [4.69, 9.17) is 5.11 Å². The fourth-order valence-electron chi connectivity index (χ4n) is 3.06. The number of hydrogen-bond acceptors (Lipinski definition) is 3. The van der Waals surface area contributed by atoms with Gasteiger partial charge in [0, 0.05) is 31.6 Å². The molecule has 5 nitrogen and oxygen atoms in total. The van der Waals surface area contributed by atoms with E-state index in [9.17, 15) is 9.59 Å². The molecule has 2 heterocycles. The van der Waals surface area contributed by atoms with Crippen molar-refractivity contribution >= 4 is 11.9 Å². The number of piperidine rings is 1. The molecule has 1 amide bonds. The standard InChI is InChI=1S/C13H22N2O3/c1-10-8-14-7-3-2-4-11(14)9-15(10)12(16)5-6-13(17)18/h10-11H,2-9H2,1H3,(H,17,18). The molecule has 5 heteroatoms. The third kappa shape index (κ3) is 3.02. The van der Waals surface area contributed by atoms with Crippen molar-refractivity contribution in [3.8, 4) is 0 Å². The van der Waals surface area contributed by atoms with E-state index in [0.717, 1.165) is 26.1 Å². The quantitative estimate of drug-likeness (QED) is 0.814. The lowest BCUT2D eigenvalue weighted by atomic mass is 9.97. The van der Waals surface area contributed by atoms with Gasteiger partial charge in [0.1, 0.15) is 0 Å². The number of carboxylic acids is 1. The monoisotopic (exact) mass is 254 g/mol. The van der Waals surface area contributed by atoms with E-state index in [0.29, 0.717) is 6.04 Å². The topological polar surface area (TPSA) is 60.9 Å². The lowest BCUT2D eigenvalue weighted by Gasteiger charge is -2.47. The molecule has 2 saturated heterocycles. The van der Waals surface area contributed by atoms with Crippen molar-refractivity contribution in [2.45, 2.75) is 51.1 Å². The third-order valence-electron chi connectivity index (χ3n) is 4.06. The van der Waals surface area contributed by atoms with Crippen LogP contribution in [0.15, 0.2) is 0 Å². The Morgan fingerprint density at radius 1 is 1.22 bits per heavy atom. The fourth-order valence-corrected chi connectivity index (χ4v) is 3.06. The first-order valence-corrected chi connectivity index (χ1v) is 6.83. The summed E-state index contributed by atoms with van der Waals surface area (Å²) < 4.78 is 0. The highest BCUT2D eigenvalue weighted by Crippen LogP contribution is 2.24. The number of amides is 1. The highest BCUT2D eigenvalue weighted by atomic mass is 16.4. The summed E-state index contributed by atoms with van der Waals surface area (Å²) in [5.41, 5.74) is 0. The Bertz CT molecular complexity index is 332. The van der Waals surface area contributed by atoms with Crippen molar-refractivity contribution in [2.75, 3.05) is 19.6 Å².